The summed E-state index contributed by atoms with van der Waals surface area (Å²) in [4.78, 5) is 4.73. The first-order valence-electron chi connectivity index (χ1n) is 7.27. The first-order chi connectivity index (χ1) is 10.7. The fraction of sp³-hybridized carbons (Fsp3) is 0.211. The van der Waals surface area contributed by atoms with E-state index in [-0.39, 0.29) is 0 Å². The third-order valence-corrected chi connectivity index (χ3v) is 3.76. The zero-order chi connectivity index (χ0) is 15.5. The highest BCUT2D eigenvalue weighted by Crippen LogP contribution is 2.34. The molecule has 3 heteroatoms. The summed E-state index contributed by atoms with van der Waals surface area (Å²) in [7, 11) is 3.31. The molecule has 0 aliphatic heterocycles. The SMILES string of the molecule is COc1cc2cc(C)nc(Cc3ccccc3)c2cc1OC. The number of ether oxygens (including phenoxy) is 2. The molecule has 0 bridgehead atoms. The topological polar surface area (TPSA) is 31.4 Å². The van der Waals surface area contributed by atoms with Crippen LogP contribution in [0.15, 0.2) is 48.5 Å². The molecule has 0 unspecified atom stereocenters. The molecule has 0 aliphatic rings. The van der Waals surface area contributed by atoms with Crippen molar-refractivity contribution in [1.29, 1.82) is 0 Å². The van der Waals surface area contributed by atoms with Crippen LogP contribution in [0.5, 0.6) is 11.5 Å². The lowest BCUT2D eigenvalue weighted by molar-refractivity contribution is 0.356. The van der Waals surface area contributed by atoms with E-state index in [1.165, 1.54) is 5.56 Å². The predicted octanol–water partition coefficient (Wildman–Crippen LogP) is 4.15. The summed E-state index contributed by atoms with van der Waals surface area (Å²) in [5, 5.41) is 2.23. The van der Waals surface area contributed by atoms with Gasteiger partial charge in [0.25, 0.3) is 0 Å². The van der Waals surface area contributed by atoms with Crippen molar-refractivity contribution in [2.75, 3.05) is 14.2 Å². The number of aryl methyl sites for hydroxylation is 1. The van der Waals surface area contributed by atoms with E-state index in [2.05, 4.69) is 30.3 Å². The van der Waals surface area contributed by atoms with E-state index in [9.17, 15) is 0 Å². The Labute approximate surface area is 130 Å². The average Bonchev–Trinajstić information content (AvgIpc) is 2.54. The summed E-state index contributed by atoms with van der Waals surface area (Å²) in [5.74, 6) is 1.47. The fourth-order valence-electron chi connectivity index (χ4n) is 2.72. The van der Waals surface area contributed by atoms with Crippen molar-refractivity contribution < 1.29 is 9.47 Å². The Bertz CT molecular complexity index is 797. The van der Waals surface area contributed by atoms with E-state index in [1.807, 2.05) is 25.1 Å². The molecule has 3 rings (SSSR count). The smallest absolute Gasteiger partial charge is 0.161 e. The molecule has 2 aromatic carbocycles. The van der Waals surface area contributed by atoms with Crippen LogP contribution < -0.4 is 9.47 Å². The van der Waals surface area contributed by atoms with Gasteiger partial charge in [0.15, 0.2) is 11.5 Å². The molecule has 0 radical (unpaired) electrons. The van der Waals surface area contributed by atoms with Crippen LogP contribution in [-0.2, 0) is 6.42 Å². The highest BCUT2D eigenvalue weighted by Gasteiger charge is 2.11. The molecular weight excluding hydrogens is 274 g/mol. The van der Waals surface area contributed by atoms with Crippen LogP contribution in [0.3, 0.4) is 0 Å². The minimum Gasteiger partial charge on any atom is -0.493 e. The van der Waals surface area contributed by atoms with Gasteiger partial charge in [-0.05, 0) is 36.1 Å². The molecule has 3 nitrogen and oxygen atoms in total. The molecule has 0 spiro atoms. The van der Waals surface area contributed by atoms with Gasteiger partial charge in [-0.15, -0.1) is 0 Å². The number of nitrogens with zero attached hydrogens (tertiary/aromatic N) is 1. The van der Waals surface area contributed by atoms with Crippen molar-refractivity contribution >= 4 is 10.8 Å². The zero-order valence-corrected chi connectivity index (χ0v) is 13.1. The maximum atomic E-state index is 5.43. The van der Waals surface area contributed by atoms with E-state index in [0.717, 1.165) is 40.1 Å². The van der Waals surface area contributed by atoms with Crippen LogP contribution >= 0.6 is 0 Å². The minimum absolute atomic E-state index is 0.731. The molecule has 0 aliphatic carbocycles. The zero-order valence-electron chi connectivity index (χ0n) is 13.1. The number of pyridine rings is 1. The van der Waals surface area contributed by atoms with Crippen molar-refractivity contribution in [3.8, 4) is 11.5 Å². The maximum absolute atomic E-state index is 5.43. The summed E-state index contributed by atoms with van der Waals surface area (Å²) < 4.78 is 10.8. The van der Waals surface area contributed by atoms with Gasteiger partial charge >= 0.3 is 0 Å². The van der Waals surface area contributed by atoms with Crippen molar-refractivity contribution in [3.63, 3.8) is 0 Å². The van der Waals surface area contributed by atoms with Gasteiger partial charge in [0, 0.05) is 17.5 Å². The number of rotatable bonds is 4. The number of aromatic nitrogens is 1. The van der Waals surface area contributed by atoms with Crippen molar-refractivity contribution in [3.05, 3.63) is 65.5 Å². The van der Waals surface area contributed by atoms with Gasteiger partial charge in [-0.3, -0.25) is 4.98 Å². The number of hydrogen-bond donors (Lipinski definition) is 0. The second kappa shape index (κ2) is 6.06. The van der Waals surface area contributed by atoms with Crippen LogP contribution in [0.4, 0.5) is 0 Å². The maximum Gasteiger partial charge on any atom is 0.161 e. The molecule has 0 fully saturated rings. The van der Waals surface area contributed by atoms with Crippen LogP contribution in [0, 0.1) is 6.92 Å². The second-order valence-corrected chi connectivity index (χ2v) is 5.30. The first kappa shape index (κ1) is 14.4. The quantitative estimate of drug-likeness (QED) is 0.724. The Hall–Kier alpha value is -2.55. The second-order valence-electron chi connectivity index (χ2n) is 5.30. The van der Waals surface area contributed by atoms with Gasteiger partial charge in [-0.2, -0.15) is 0 Å². The van der Waals surface area contributed by atoms with E-state index < -0.39 is 0 Å². The number of hydrogen-bond acceptors (Lipinski definition) is 3. The van der Waals surface area contributed by atoms with Crippen LogP contribution in [-0.4, -0.2) is 19.2 Å². The van der Waals surface area contributed by atoms with E-state index in [1.54, 1.807) is 14.2 Å². The highest BCUT2D eigenvalue weighted by atomic mass is 16.5. The summed E-state index contributed by atoms with van der Waals surface area (Å²) in [6.45, 7) is 2.02. The molecule has 0 N–H and O–H groups in total. The molecule has 0 saturated carbocycles. The lowest BCUT2D eigenvalue weighted by Gasteiger charge is -2.12. The molecule has 112 valence electrons. The lowest BCUT2D eigenvalue weighted by atomic mass is 10.0. The monoisotopic (exact) mass is 293 g/mol. The van der Waals surface area contributed by atoms with Crippen molar-refractivity contribution in [2.24, 2.45) is 0 Å². The Balaban J connectivity index is 2.16. The van der Waals surface area contributed by atoms with Crippen molar-refractivity contribution in [2.45, 2.75) is 13.3 Å². The number of benzene rings is 2. The molecular formula is C19H19NO2. The summed E-state index contributed by atoms with van der Waals surface area (Å²) in [6, 6.07) is 16.5. The summed E-state index contributed by atoms with van der Waals surface area (Å²) in [5.41, 5.74) is 3.31. The van der Waals surface area contributed by atoms with Gasteiger partial charge in [-0.1, -0.05) is 30.3 Å². The van der Waals surface area contributed by atoms with Crippen LogP contribution in [0.1, 0.15) is 17.0 Å². The van der Waals surface area contributed by atoms with Crippen molar-refractivity contribution in [1.82, 2.24) is 4.98 Å². The Morgan fingerprint density at radius 3 is 2.27 bits per heavy atom. The van der Waals surface area contributed by atoms with Crippen LogP contribution in [0.25, 0.3) is 10.8 Å². The van der Waals surface area contributed by atoms with Gasteiger partial charge in [0.05, 0.1) is 19.9 Å². The molecule has 0 amide bonds. The summed E-state index contributed by atoms with van der Waals surface area (Å²) in [6.07, 6.45) is 0.800. The Morgan fingerprint density at radius 2 is 1.59 bits per heavy atom. The normalized spacial score (nSPS) is 10.7. The number of methoxy groups -OCH3 is 2. The van der Waals surface area contributed by atoms with E-state index >= 15 is 0 Å². The van der Waals surface area contributed by atoms with Gasteiger partial charge in [-0.25, -0.2) is 0 Å². The number of fused-ring (bicyclic) bond motifs is 1. The molecule has 1 aromatic heterocycles. The fourth-order valence-corrected chi connectivity index (χ4v) is 2.72. The Morgan fingerprint density at radius 1 is 0.909 bits per heavy atom. The average molecular weight is 293 g/mol. The van der Waals surface area contributed by atoms with Gasteiger partial charge in [0.1, 0.15) is 0 Å². The lowest BCUT2D eigenvalue weighted by Crippen LogP contribution is -1.98. The molecule has 1 heterocycles. The highest BCUT2D eigenvalue weighted by molar-refractivity contribution is 5.88. The van der Waals surface area contributed by atoms with E-state index in [4.69, 9.17) is 14.5 Å². The van der Waals surface area contributed by atoms with Crippen LogP contribution in [0.2, 0.25) is 0 Å². The Kier molecular flexibility index (Phi) is 3.96. The van der Waals surface area contributed by atoms with Gasteiger partial charge < -0.3 is 9.47 Å². The largest absolute Gasteiger partial charge is 0.493 e. The predicted molar refractivity (Wildman–Crippen MR) is 88.8 cm³/mol. The molecule has 0 atom stereocenters. The van der Waals surface area contributed by atoms with Gasteiger partial charge in [0.2, 0.25) is 0 Å². The third kappa shape index (κ3) is 2.75. The van der Waals surface area contributed by atoms with E-state index in [0.29, 0.717) is 0 Å². The molecule has 3 aromatic rings. The standard InChI is InChI=1S/C19H19NO2/c1-13-9-15-11-18(21-2)19(22-3)12-16(15)17(20-13)10-14-7-5-4-6-8-14/h4-9,11-12H,10H2,1-3H3. The minimum atomic E-state index is 0.731. The summed E-state index contributed by atoms with van der Waals surface area (Å²) >= 11 is 0. The third-order valence-electron chi connectivity index (χ3n) is 3.76. The molecule has 22 heavy (non-hydrogen) atoms. The molecule has 0 saturated heterocycles. The first-order valence-corrected chi connectivity index (χ1v) is 7.27.